The highest BCUT2D eigenvalue weighted by molar-refractivity contribution is 5.95. The average Bonchev–Trinajstić information content (AvgIpc) is 2.37. The van der Waals surface area contributed by atoms with Gasteiger partial charge in [0, 0.05) is 5.69 Å². The molecule has 0 fully saturated rings. The van der Waals surface area contributed by atoms with Gasteiger partial charge >= 0.3 is 12.1 Å². The van der Waals surface area contributed by atoms with Gasteiger partial charge in [0.15, 0.2) is 0 Å². The van der Waals surface area contributed by atoms with Crippen LogP contribution in [0.15, 0.2) is 42.5 Å². The van der Waals surface area contributed by atoms with Crippen LogP contribution in [-0.4, -0.2) is 11.1 Å². The normalized spacial score (nSPS) is 11.2. The Balaban J connectivity index is 2.41. The van der Waals surface area contributed by atoms with Gasteiger partial charge in [0.2, 0.25) is 0 Å². The summed E-state index contributed by atoms with van der Waals surface area (Å²) in [6.07, 6.45) is -4.69. The fourth-order valence-corrected chi connectivity index (χ4v) is 1.76. The number of anilines is 2. The molecule has 0 heterocycles. The second-order valence-corrected chi connectivity index (χ2v) is 4.20. The molecule has 2 aromatic carbocycles. The molecule has 0 amide bonds. The first kappa shape index (κ1) is 14.8. The predicted octanol–water partition coefficient (Wildman–Crippen LogP) is 4.29. The molecule has 0 aliphatic rings. The van der Waals surface area contributed by atoms with Crippen LogP contribution in [0.5, 0.6) is 0 Å². The molecule has 0 aromatic heterocycles. The minimum absolute atomic E-state index is 0.0729. The summed E-state index contributed by atoms with van der Waals surface area (Å²) in [6.45, 7) is 0. The summed E-state index contributed by atoms with van der Waals surface area (Å²) in [5.74, 6) is -2.31. The molecule has 0 radical (unpaired) electrons. The number of carboxylic acid groups (broad SMARTS) is 1. The van der Waals surface area contributed by atoms with Gasteiger partial charge in [-0.2, -0.15) is 13.2 Å². The van der Waals surface area contributed by atoms with Crippen molar-refractivity contribution in [2.75, 3.05) is 5.32 Å². The van der Waals surface area contributed by atoms with Gasteiger partial charge in [0.1, 0.15) is 5.82 Å². The summed E-state index contributed by atoms with van der Waals surface area (Å²) < 4.78 is 51.1. The van der Waals surface area contributed by atoms with E-state index in [1.54, 1.807) is 0 Å². The number of hydrogen-bond acceptors (Lipinski definition) is 2. The third-order valence-electron chi connectivity index (χ3n) is 2.66. The largest absolute Gasteiger partial charge is 0.478 e. The van der Waals surface area contributed by atoms with E-state index < -0.39 is 23.5 Å². The van der Waals surface area contributed by atoms with E-state index in [1.807, 2.05) is 0 Å². The van der Waals surface area contributed by atoms with E-state index in [0.29, 0.717) is 12.1 Å². The minimum Gasteiger partial charge on any atom is -0.478 e. The summed E-state index contributed by atoms with van der Waals surface area (Å²) >= 11 is 0. The van der Waals surface area contributed by atoms with E-state index in [4.69, 9.17) is 5.11 Å². The predicted molar refractivity (Wildman–Crippen MR) is 68.1 cm³/mol. The van der Waals surface area contributed by atoms with Gasteiger partial charge < -0.3 is 10.4 Å². The number of nitrogens with one attached hydrogen (secondary N) is 1. The molecule has 110 valence electrons. The maximum atomic E-state index is 13.3. The molecule has 0 atom stereocenters. The molecule has 0 unspecified atom stereocenters. The standard InChI is InChI=1S/C14H9F4NO2/c15-9-5-8(14(16,17)18)6-10(7-9)19-12-4-2-1-3-11(12)13(20)21/h1-7,19H,(H,20,21). The van der Waals surface area contributed by atoms with Gasteiger partial charge in [-0.25, -0.2) is 9.18 Å². The molecule has 0 saturated carbocycles. The van der Waals surface area contributed by atoms with Crippen LogP contribution < -0.4 is 5.32 Å². The summed E-state index contributed by atoms with van der Waals surface area (Å²) in [6, 6.07) is 7.58. The molecule has 2 N–H and O–H groups in total. The molecule has 0 bridgehead atoms. The quantitative estimate of drug-likeness (QED) is 0.831. The van der Waals surface area contributed by atoms with Gasteiger partial charge in [-0.3, -0.25) is 0 Å². The van der Waals surface area contributed by atoms with Crippen molar-refractivity contribution in [3.8, 4) is 0 Å². The van der Waals surface area contributed by atoms with Gasteiger partial charge in [-0.15, -0.1) is 0 Å². The number of carbonyl (C=O) groups is 1. The van der Waals surface area contributed by atoms with Crippen molar-refractivity contribution in [3.05, 3.63) is 59.4 Å². The van der Waals surface area contributed by atoms with Gasteiger partial charge in [-0.05, 0) is 30.3 Å². The van der Waals surface area contributed by atoms with Crippen LogP contribution in [-0.2, 0) is 6.18 Å². The lowest BCUT2D eigenvalue weighted by molar-refractivity contribution is -0.137. The van der Waals surface area contributed by atoms with E-state index in [9.17, 15) is 22.4 Å². The monoisotopic (exact) mass is 299 g/mol. The summed E-state index contributed by atoms with van der Waals surface area (Å²) in [5.41, 5.74) is -1.40. The van der Waals surface area contributed by atoms with Crippen molar-refractivity contribution in [1.29, 1.82) is 0 Å². The zero-order chi connectivity index (χ0) is 15.6. The smallest absolute Gasteiger partial charge is 0.416 e. The molecule has 0 saturated heterocycles. The molecular weight excluding hydrogens is 290 g/mol. The Hall–Kier alpha value is -2.57. The fourth-order valence-electron chi connectivity index (χ4n) is 1.76. The first-order valence-corrected chi connectivity index (χ1v) is 5.74. The lowest BCUT2D eigenvalue weighted by Gasteiger charge is -2.12. The van der Waals surface area contributed by atoms with E-state index in [-0.39, 0.29) is 16.9 Å². The van der Waals surface area contributed by atoms with E-state index in [1.165, 1.54) is 24.3 Å². The number of aromatic carboxylic acids is 1. The minimum atomic E-state index is -4.69. The Labute approximate surface area is 116 Å². The number of carboxylic acids is 1. The number of para-hydroxylation sites is 1. The number of halogens is 4. The summed E-state index contributed by atoms with van der Waals surface area (Å²) in [7, 11) is 0. The summed E-state index contributed by atoms with van der Waals surface area (Å²) in [5, 5.41) is 11.5. The van der Waals surface area contributed by atoms with Crippen LogP contribution in [0.4, 0.5) is 28.9 Å². The van der Waals surface area contributed by atoms with Crippen molar-refractivity contribution in [1.82, 2.24) is 0 Å². The van der Waals surface area contributed by atoms with E-state index >= 15 is 0 Å². The molecule has 3 nitrogen and oxygen atoms in total. The zero-order valence-corrected chi connectivity index (χ0v) is 10.4. The molecule has 21 heavy (non-hydrogen) atoms. The number of rotatable bonds is 3. The molecular formula is C14H9F4NO2. The Kier molecular flexibility index (Phi) is 3.84. The Morgan fingerprint density at radius 3 is 2.38 bits per heavy atom. The summed E-state index contributed by atoms with van der Waals surface area (Å²) in [4.78, 5) is 11.0. The fraction of sp³-hybridized carbons (Fsp3) is 0.0714. The number of benzene rings is 2. The Morgan fingerprint density at radius 2 is 1.76 bits per heavy atom. The van der Waals surface area contributed by atoms with Crippen LogP contribution in [0.1, 0.15) is 15.9 Å². The third-order valence-corrected chi connectivity index (χ3v) is 2.66. The second kappa shape index (κ2) is 5.43. The van der Waals surface area contributed by atoms with Crippen molar-refractivity contribution < 1.29 is 27.5 Å². The topological polar surface area (TPSA) is 49.3 Å². The maximum absolute atomic E-state index is 13.3. The molecule has 0 aliphatic heterocycles. The lowest BCUT2D eigenvalue weighted by atomic mass is 10.1. The highest BCUT2D eigenvalue weighted by atomic mass is 19.4. The maximum Gasteiger partial charge on any atom is 0.416 e. The average molecular weight is 299 g/mol. The van der Waals surface area contributed by atoms with Crippen molar-refractivity contribution in [3.63, 3.8) is 0 Å². The Morgan fingerprint density at radius 1 is 1.10 bits per heavy atom. The highest BCUT2D eigenvalue weighted by Gasteiger charge is 2.31. The number of hydrogen-bond donors (Lipinski definition) is 2. The van der Waals surface area contributed by atoms with Crippen LogP contribution in [0, 0.1) is 5.82 Å². The SMILES string of the molecule is O=C(O)c1ccccc1Nc1cc(F)cc(C(F)(F)F)c1. The van der Waals surface area contributed by atoms with Crippen molar-refractivity contribution in [2.24, 2.45) is 0 Å². The zero-order valence-electron chi connectivity index (χ0n) is 10.4. The molecule has 7 heteroatoms. The Bertz CT molecular complexity index is 683. The first-order chi connectivity index (χ1) is 9.77. The van der Waals surface area contributed by atoms with E-state index in [0.717, 1.165) is 6.07 Å². The lowest BCUT2D eigenvalue weighted by Crippen LogP contribution is -2.07. The van der Waals surface area contributed by atoms with Gasteiger partial charge in [0.05, 0.1) is 16.8 Å². The third kappa shape index (κ3) is 3.50. The molecule has 2 rings (SSSR count). The van der Waals surface area contributed by atoms with Crippen LogP contribution >= 0.6 is 0 Å². The van der Waals surface area contributed by atoms with Gasteiger partial charge in [0.25, 0.3) is 0 Å². The van der Waals surface area contributed by atoms with Crippen LogP contribution in [0.2, 0.25) is 0 Å². The van der Waals surface area contributed by atoms with Crippen LogP contribution in [0.25, 0.3) is 0 Å². The first-order valence-electron chi connectivity index (χ1n) is 5.74. The van der Waals surface area contributed by atoms with E-state index in [2.05, 4.69) is 5.32 Å². The number of alkyl halides is 3. The van der Waals surface area contributed by atoms with Crippen molar-refractivity contribution >= 4 is 17.3 Å². The molecule has 0 spiro atoms. The van der Waals surface area contributed by atoms with Gasteiger partial charge in [-0.1, -0.05) is 12.1 Å². The van der Waals surface area contributed by atoms with Crippen molar-refractivity contribution in [2.45, 2.75) is 6.18 Å². The molecule has 2 aromatic rings. The van der Waals surface area contributed by atoms with Crippen LogP contribution in [0.3, 0.4) is 0 Å². The molecule has 0 aliphatic carbocycles. The second-order valence-electron chi connectivity index (χ2n) is 4.20. The highest BCUT2D eigenvalue weighted by Crippen LogP contribution is 2.32.